The summed E-state index contributed by atoms with van der Waals surface area (Å²) in [6.45, 7) is 6.57. The fourth-order valence-electron chi connectivity index (χ4n) is 2.91. The molecule has 0 amide bonds. The summed E-state index contributed by atoms with van der Waals surface area (Å²) >= 11 is 0. The molecule has 0 aliphatic carbocycles. The first kappa shape index (κ1) is 24.1. The van der Waals surface area contributed by atoms with Crippen molar-refractivity contribution < 1.29 is 14.6 Å². The van der Waals surface area contributed by atoms with Gasteiger partial charge in [0.05, 0.1) is 25.9 Å². The average Bonchev–Trinajstić information content (AvgIpc) is 3.19. The van der Waals surface area contributed by atoms with Crippen LogP contribution < -0.4 is 10.6 Å². The maximum Gasteiger partial charge on any atom is 0.191 e. The molecule has 27 heavy (non-hydrogen) atoms. The molecule has 0 radical (unpaired) electrons. The van der Waals surface area contributed by atoms with E-state index in [9.17, 15) is 5.11 Å². The first-order valence-corrected chi connectivity index (χ1v) is 9.70. The van der Waals surface area contributed by atoms with E-state index < -0.39 is 0 Å². The summed E-state index contributed by atoms with van der Waals surface area (Å²) in [7, 11) is 0. The lowest BCUT2D eigenvalue weighted by molar-refractivity contribution is 0.0168. The molecule has 154 valence electrons. The maximum absolute atomic E-state index is 9.65. The predicted molar refractivity (Wildman–Crippen MR) is 120 cm³/mol. The third kappa shape index (κ3) is 9.73. The van der Waals surface area contributed by atoms with Gasteiger partial charge >= 0.3 is 0 Å². The molecule has 1 aromatic rings. The van der Waals surface area contributed by atoms with E-state index in [1.165, 1.54) is 0 Å². The lowest BCUT2D eigenvalue weighted by Gasteiger charge is -2.15. The van der Waals surface area contributed by atoms with Crippen molar-refractivity contribution >= 4 is 29.9 Å². The van der Waals surface area contributed by atoms with E-state index in [4.69, 9.17) is 9.47 Å². The molecule has 3 N–H and O–H groups in total. The van der Waals surface area contributed by atoms with Crippen molar-refractivity contribution in [3.63, 3.8) is 0 Å². The monoisotopic (exact) mass is 491 g/mol. The number of nitrogens with one attached hydrogen (secondary N) is 2. The number of halogens is 1. The molecule has 0 spiro atoms. The zero-order valence-corrected chi connectivity index (χ0v) is 18.6. The molecule has 7 heteroatoms. The minimum Gasteiger partial charge on any atom is -0.396 e. The van der Waals surface area contributed by atoms with E-state index in [-0.39, 0.29) is 42.6 Å². The van der Waals surface area contributed by atoms with Crippen molar-refractivity contribution in [2.75, 3.05) is 46.1 Å². The van der Waals surface area contributed by atoms with Gasteiger partial charge in [-0.2, -0.15) is 0 Å². The van der Waals surface area contributed by atoms with Crippen LogP contribution in [0.2, 0.25) is 0 Å². The molecule has 0 bridgehead atoms. The van der Waals surface area contributed by atoms with E-state index in [2.05, 4.69) is 15.6 Å². The van der Waals surface area contributed by atoms with Crippen LogP contribution in [0.25, 0.3) is 0 Å². The summed E-state index contributed by atoms with van der Waals surface area (Å²) in [5, 5.41) is 16.2. The van der Waals surface area contributed by atoms with E-state index in [0.717, 1.165) is 57.1 Å². The Balaban J connectivity index is 0.00000364. The minimum absolute atomic E-state index is 0. The molecule has 1 aliphatic rings. The lowest BCUT2D eigenvalue weighted by Crippen LogP contribution is -2.38. The Morgan fingerprint density at radius 1 is 1.33 bits per heavy atom. The van der Waals surface area contributed by atoms with Gasteiger partial charge in [0, 0.05) is 32.2 Å². The molecule has 2 unspecified atom stereocenters. The van der Waals surface area contributed by atoms with Crippen LogP contribution in [-0.4, -0.2) is 63.2 Å². The van der Waals surface area contributed by atoms with Crippen molar-refractivity contribution in [1.82, 2.24) is 10.6 Å². The van der Waals surface area contributed by atoms with Gasteiger partial charge in [-0.25, -0.2) is 0 Å². The molecule has 1 aromatic carbocycles. The van der Waals surface area contributed by atoms with Crippen LogP contribution in [0.1, 0.15) is 37.7 Å². The van der Waals surface area contributed by atoms with Crippen molar-refractivity contribution in [3.05, 3.63) is 35.9 Å². The van der Waals surface area contributed by atoms with Crippen molar-refractivity contribution in [3.8, 4) is 0 Å². The molecule has 1 fully saturated rings. The van der Waals surface area contributed by atoms with E-state index in [1.54, 1.807) is 0 Å². The molecule has 1 heterocycles. The van der Waals surface area contributed by atoms with Gasteiger partial charge in [-0.3, -0.25) is 4.99 Å². The van der Waals surface area contributed by atoms with Gasteiger partial charge in [-0.15, -0.1) is 24.0 Å². The summed E-state index contributed by atoms with van der Waals surface area (Å²) in [5.74, 6) is 0.794. The molecule has 0 aromatic heterocycles. The summed E-state index contributed by atoms with van der Waals surface area (Å²) in [4.78, 5) is 4.62. The van der Waals surface area contributed by atoms with Crippen LogP contribution >= 0.6 is 24.0 Å². The highest BCUT2D eigenvalue weighted by atomic mass is 127. The highest BCUT2D eigenvalue weighted by Crippen LogP contribution is 2.15. The third-order valence-corrected chi connectivity index (χ3v) is 4.39. The molecule has 1 aliphatic heterocycles. The van der Waals surface area contributed by atoms with Crippen LogP contribution in [0.3, 0.4) is 0 Å². The molecule has 2 atom stereocenters. The Morgan fingerprint density at radius 3 is 2.81 bits per heavy atom. The number of aliphatic hydroxyl groups excluding tert-OH is 1. The standard InChI is InChI=1S/C20H33N3O3.HI/c1-2-21-20(22-11-7-12-25-16-19-10-6-13-26-19)23-14-18(15-24)17-8-4-3-5-9-17;/h3-5,8-9,18-19,24H,2,6-7,10-16H2,1H3,(H2,21,22,23);1H. The Morgan fingerprint density at radius 2 is 2.15 bits per heavy atom. The van der Waals surface area contributed by atoms with Crippen LogP contribution in [0.15, 0.2) is 35.3 Å². The van der Waals surface area contributed by atoms with Gasteiger partial charge in [0.25, 0.3) is 0 Å². The number of aliphatic imine (C=N–C) groups is 1. The van der Waals surface area contributed by atoms with Gasteiger partial charge in [0.15, 0.2) is 5.96 Å². The maximum atomic E-state index is 9.65. The van der Waals surface area contributed by atoms with Crippen molar-refractivity contribution in [2.45, 2.75) is 38.2 Å². The normalized spacial score (nSPS) is 18.0. The van der Waals surface area contributed by atoms with Crippen LogP contribution in [0.4, 0.5) is 0 Å². The van der Waals surface area contributed by atoms with Crippen LogP contribution in [-0.2, 0) is 9.47 Å². The number of benzene rings is 1. The lowest BCUT2D eigenvalue weighted by atomic mass is 10.0. The predicted octanol–water partition coefficient (Wildman–Crippen LogP) is 2.52. The SMILES string of the molecule is CCNC(=NCC(CO)c1ccccc1)NCCCOCC1CCCO1.I. The number of hydrogen-bond donors (Lipinski definition) is 3. The molecule has 6 nitrogen and oxygen atoms in total. The number of guanidine groups is 1. The van der Waals surface area contributed by atoms with Gasteiger partial charge in [0.1, 0.15) is 0 Å². The zero-order valence-electron chi connectivity index (χ0n) is 16.2. The van der Waals surface area contributed by atoms with Crippen LogP contribution in [0.5, 0.6) is 0 Å². The highest BCUT2D eigenvalue weighted by Gasteiger charge is 2.15. The fraction of sp³-hybridized carbons (Fsp3) is 0.650. The largest absolute Gasteiger partial charge is 0.396 e. The van der Waals surface area contributed by atoms with E-state index >= 15 is 0 Å². The summed E-state index contributed by atoms with van der Waals surface area (Å²) < 4.78 is 11.2. The highest BCUT2D eigenvalue weighted by molar-refractivity contribution is 14.0. The topological polar surface area (TPSA) is 75.1 Å². The molecule has 2 rings (SSSR count). The number of hydrogen-bond acceptors (Lipinski definition) is 4. The Hall–Kier alpha value is -0.900. The quantitative estimate of drug-likeness (QED) is 0.192. The third-order valence-electron chi connectivity index (χ3n) is 4.39. The summed E-state index contributed by atoms with van der Waals surface area (Å²) in [5.41, 5.74) is 1.11. The van der Waals surface area contributed by atoms with E-state index in [0.29, 0.717) is 13.2 Å². The van der Waals surface area contributed by atoms with Gasteiger partial charge in [-0.05, 0) is 31.7 Å². The Kier molecular flexibility index (Phi) is 13.5. The summed E-state index contributed by atoms with van der Waals surface area (Å²) in [6, 6.07) is 10.0. The molecular formula is C20H34IN3O3. The second-order valence-electron chi connectivity index (χ2n) is 6.50. The number of nitrogens with zero attached hydrogens (tertiary/aromatic N) is 1. The Bertz CT molecular complexity index is 510. The van der Waals surface area contributed by atoms with Crippen LogP contribution in [0, 0.1) is 0 Å². The molecular weight excluding hydrogens is 457 g/mol. The van der Waals surface area contributed by atoms with Crippen molar-refractivity contribution in [2.24, 2.45) is 4.99 Å². The van der Waals surface area contributed by atoms with Crippen molar-refractivity contribution in [1.29, 1.82) is 0 Å². The average molecular weight is 491 g/mol. The molecule has 1 saturated heterocycles. The van der Waals surface area contributed by atoms with Gasteiger partial charge < -0.3 is 25.2 Å². The zero-order chi connectivity index (χ0) is 18.5. The molecule has 0 saturated carbocycles. The first-order chi connectivity index (χ1) is 12.8. The van der Waals surface area contributed by atoms with Gasteiger partial charge in [0.2, 0.25) is 0 Å². The van der Waals surface area contributed by atoms with Gasteiger partial charge in [-0.1, -0.05) is 30.3 Å². The second kappa shape index (κ2) is 15.1. The first-order valence-electron chi connectivity index (χ1n) is 9.70. The second-order valence-corrected chi connectivity index (χ2v) is 6.50. The number of ether oxygens (including phenoxy) is 2. The smallest absolute Gasteiger partial charge is 0.191 e. The number of rotatable bonds is 11. The number of aliphatic hydroxyl groups is 1. The minimum atomic E-state index is 0. The fourth-order valence-corrected chi connectivity index (χ4v) is 2.91. The summed E-state index contributed by atoms with van der Waals surface area (Å²) in [6.07, 6.45) is 3.47. The Labute approximate surface area is 180 Å². The van der Waals surface area contributed by atoms with E-state index in [1.807, 2.05) is 37.3 Å².